The molecular weight excluding hydrogens is 553 g/mol. The number of likely N-dealkylation sites (tertiary alicyclic amines) is 1. The molecule has 6 nitrogen and oxygen atoms in total. The quantitative estimate of drug-likeness (QED) is 0.417. The van der Waals surface area contributed by atoms with Gasteiger partial charge in [0.25, 0.3) is 5.60 Å². The number of cyclic esters (lactones) is 1. The van der Waals surface area contributed by atoms with Crippen molar-refractivity contribution in [1.29, 1.82) is 0 Å². The van der Waals surface area contributed by atoms with E-state index in [-0.39, 0.29) is 35.1 Å². The van der Waals surface area contributed by atoms with E-state index < -0.39 is 59.4 Å². The summed E-state index contributed by atoms with van der Waals surface area (Å²) >= 11 is 11.7. The molecule has 14 heteroatoms. The maximum Gasteiger partial charge on any atom is 0.434 e. The zero-order valence-corrected chi connectivity index (χ0v) is 20.2. The lowest BCUT2D eigenvalue weighted by Crippen LogP contribution is -2.46. The van der Waals surface area contributed by atoms with Gasteiger partial charge in [-0.25, -0.2) is 4.79 Å². The molecule has 0 aliphatic carbocycles. The first-order valence-corrected chi connectivity index (χ1v) is 11.6. The standard InChI is InChI=1S/C23H18Cl2F6N2O4/c24-14-6-13(7-15(25)8-14)21(23(29,30)31)11-33(20(36)37-21)16-4-3-12(17(9-16)22(26,27)28)10-32-5-1-2-18(32)19(34)35/h3-4,6-9,18H,1-2,5,10-11H2,(H,34,35)/t18-,21?/m0/s1. The predicted molar refractivity (Wildman–Crippen MR) is 121 cm³/mol. The minimum Gasteiger partial charge on any atom is -0.480 e. The number of aliphatic carboxylic acids is 1. The molecule has 2 fully saturated rings. The Bertz CT molecular complexity index is 1220. The highest BCUT2D eigenvalue weighted by atomic mass is 35.5. The number of rotatable bonds is 5. The van der Waals surface area contributed by atoms with E-state index >= 15 is 0 Å². The second-order valence-corrected chi connectivity index (χ2v) is 9.62. The SMILES string of the molecule is O=C(O)[C@@H]1CCCN1Cc1ccc(N2CC(c3cc(Cl)cc(Cl)c3)(C(F)(F)F)OC2=O)cc1C(F)(F)F. The number of hydrogen-bond donors (Lipinski definition) is 1. The third-order valence-electron chi connectivity index (χ3n) is 6.38. The summed E-state index contributed by atoms with van der Waals surface area (Å²) in [6.45, 7) is -1.26. The number of carboxylic acid groups (broad SMARTS) is 1. The van der Waals surface area contributed by atoms with Crippen molar-refractivity contribution in [2.45, 2.75) is 43.4 Å². The van der Waals surface area contributed by atoms with Crippen LogP contribution in [0.2, 0.25) is 10.0 Å². The van der Waals surface area contributed by atoms with Crippen molar-refractivity contribution in [3.8, 4) is 0 Å². The molecule has 2 saturated heterocycles. The van der Waals surface area contributed by atoms with E-state index in [0.717, 1.165) is 24.3 Å². The van der Waals surface area contributed by atoms with Gasteiger partial charge in [-0.15, -0.1) is 0 Å². The average molecular weight is 571 g/mol. The molecule has 2 aliphatic rings. The minimum absolute atomic E-state index is 0.161. The normalized spacial score (nSPS) is 23.0. The Morgan fingerprint density at radius 1 is 1.08 bits per heavy atom. The van der Waals surface area contributed by atoms with E-state index in [4.69, 9.17) is 27.9 Å². The van der Waals surface area contributed by atoms with Crippen molar-refractivity contribution >= 4 is 41.0 Å². The van der Waals surface area contributed by atoms with Gasteiger partial charge in [0.15, 0.2) is 0 Å². The summed E-state index contributed by atoms with van der Waals surface area (Å²) in [5.41, 5.74) is -5.78. The lowest BCUT2D eigenvalue weighted by molar-refractivity contribution is -0.250. The first-order valence-electron chi connectivity index (χ1n) is 10.8. The fourth-order valence-electron chi connectivity index (χ4n) is 4.62. The summed E-state index contributed by atoms with van der Waals surface area (Å²) in [5, 5.41) is 9.00. The largest absolute Gasteiger partial charge is 0.480 e. The molecule has 0 radical (unpaired) electrons. The fourth-order valence-corrected chi connectivity index (χ4v) is 5.14. The van der Waals surface area contributed by atoms with Crippen LogP contribution >= 0.6 is 23.2 Å². The highest BCUT2D eigenvalue weighted by Gasteiger charge is 2.65. The van der Waals surface area contributed by atoms with Gasteiger partial charge in [0.1, 0.15) is 6.04 Å². The van der Waals surface area contributed by atoms with Crippen LogP contribution in [0.25, 0.3) is 0 Å². The molecular formula is C23H18Cl2F6N2O4. The summed E-state index contributed by atoms with van der Waals surface area (Å²) in [7, 11) is 0. The molecule has 2 atom stereocenters. The van der Waals surface area contributed by atoms with Crippen molar-refractivity contribution in [3.63, 3.8) is 0 Å². The van der Waals surface area contributed by atoms with Crippen molar-refractivity contribution in [3.05, 3.63) is 63.1 Å². The highest BCUT2D eigenvalue weighted by molar-refractivity contribution is 6.34. The average Bonchev–Trinajstić information content (AvgIpc) is 3.37. The lowest BCUT2D eigenvalue weighted by atomic mass is 9.92. The van der Waals surface area contributed by atoms with Crippen LogP contribution in [0.1, 0.15) is 29.5 Å². The van der Waals surface area contributed by atoms with Crippen molar-refractivity contribution in [2.75, 3.05) is 18.0 Å². The van der Waals surface area contributed by atoms with E-state index in [1.807, 2.05) is 0 Å². The van der Waals surface area contributed by atoms with Gasteiger partial charge < -0.3 is 9.84 Å². The zero-order chi connectivity index (χ0) is 27.3. The molecule has 37 heavy (non-hydrogen) atoms. The van der Waals surface area contributed by atoms with Gasteiger partial charge in [-0.2, -0.15) is 26.3 Å². The molecule has 0 aromatic heterocycles. The molecule has 2 heterocycles. The Labute approximate surface area is 216 Å². The van der Waals surface area contributed by atoms with Gasteiger partial charge >= 0.3 is 24.4 Å². The van der Waals surface area contributed by atoms with Crippen LogP contribution in [0.5, 0.6) is 0 Å². The van der Waals surface area contributed by atoms with Crippen LogP contribution in [0.15, 0.2) is 36.4 Å². The highest BCUT2D eigenvalue weighted by Crippen LogP contribution is 2.49. The van der Waals surface area contributed by atoms with Crippen LogP contribution in [-0.4, -0.2) is 47.4 Å². The Morgan fingerprint density at radius 3 is 2.30 bits per heavy atom. The third-order valence-corrected chi connectivity index (χ3v) is 6.82. The van der Waals surface area contributed by atoms with Gasteiger partial charge in [0, 0.05) is 27.8 Å². The lowest BCUT2D eigenvalue weighted by Gasteiger charge is -2.30. The van der Waals surface area contributed by atoms with Gasteiger partial charge in [-0.05, 0) is 55.3 Å². The van der Waals surface area contributed by atoms with E-state index in [2.05, 4.69) is 0 Å². The monoisotopic (exact) mass is 570 g/mol. The molecule has 1 N–H and O–H groups in total. The van der Waals surface area contributed by atoms with Gasteiger partial charge in [0.05, 0.1) is 12.1 Å². The van der Waals surface area contributed by atoms with Crippen molar-refractivity contribution in [2.24, 2.45) is 0 Å². The maximum absolute atomic E-state index is 14.3. The van der Waals surface area contributed by atoms with E-state index in [0.29, 0.717) is 17.4 Å². The molecule has 2 aromatic carbocycles. The number of halogens is 8. The molecule has 0 bridgehead atoms. The third kappa shape index (κ3) is 5.19. The first-order chi connectivity index (χ1) is 17.1. The molecule has 200 valence electrons. The Hall–Kier alpha value is -2.70. The Balaban J connectivity index is 1.72. The Kier molecular flexibility index (Phi) is 7.06. The molecule has 2 aromatic rings. The van der Waals surface area contributed by atoms with Gasteiger partial charge in [-0.3, -0.25) is 14.6 Å². The number of benzene rings is 2. The van der Waals surface area contributed by atoms with Crippen LogP contribution in [0.4, 0.5) is 36.8 Å². The summed E-state index contributed by atoms with van der Waals surface area (Å²) in [4.78, 5) is 25.9. The summed E-state index contributed by atoms with van der Waals surface area (Å²) in [6.07, 6.45) is -10.8. The molecule has 0 saturated carbocycles. The second kappa shape index (κ2) is 9.55. The predicted octanol–water partition coefficient (Wildman–Crippen LogP) is 6.48. The second-order valence-electron chi connectivity index (χ2n) is 8.74. The number of ether oxygens (including phenoxy) is 1. The number of carbonyl (C=O) groups is 2. The number of carbonyl (C=O) groups excluding carboxylic acids is 1. The van der Waals surface area contributed by atoms with Gasteiger partial charge in [0.2, 0.25) is 0 Å². The number of amides is 1. The van der Waals surface area contributed by atoms with Crippen LogP contribution in [-0.2, 0) is 27.9 Å². The smallest absolute Gasteiger partial charge is 0.434 e. The number of nitrogens with zero attached hydrogens (tertiary/aromatic N) is 2. The summed E-state index contributed by atoms with van der Waals surface area (Å²) < 4.78 is 89.4. The van der Waals surface area contributed by atoms with E-state index in [1.165, 1.54) is 11.0 Å². The summed E-state index contributed by atoms with van der Waals surface area (Å²) in [6, 6.07) is 4.69. The zero-order valence-electron chi connectivity index (χ0n) is 18.7. The van der Waals surface area contributed by atoms with E-state index in [9.17, 15) is 41.0 Å². The molecule has 1 amide bonds. The number of carboxylic acids is 1. The molecule has 2 aliphatic heterocycles. The molecule has 1 unspecified atom stereocenters. The summed E-state index contributed by atoms with van der Waals surface area (Å²) in [5.74, 6) is -1.16. The molecule has 4 rings (SSSR count). The fraction of sp³-hybridized carbons (Fsp3) is 0.391. The number of hydrogen-bond acceptors (Lipinski definition) is 4. The van der Waals surface area contributed by atoms with Crippen molar-refractivity contribution < 1.29 is 45.8 Å². The van der Waals surface area contributed by atoms with Gasteiger partial charge in [-0.1, -0.05) is 29.3 Å². The number of alkyl halides is 6. The minimum atomic E-state index is -5.17. The topological polar surface area (TPSA) is 70.1 Å². The molecule has 0 spiro atoms. The van der Waals surface area contributed by atoms with E-state index in [1.54, 1.807) is 0 Å². The van der Waals surface area contributed by atoms with Crippen LogP contribution in [0.3, 0.4) is 0 Å². The maximum atomic E-state index is 14.3. The van der Waals surface area contributed by atoms with Crippen molar-refractivity contribution in [1.82, 2.24) is 4.90 Å². The van der Waals surface area contributed by atoms with Crippen LogP contribution in [0, 0.1) is 0 Å². The first kappa shape index (κ1) is 27.3. The number of anilines is 1. The Morgan fingerprint density at radius 2 is 1.73 bits per heavy atom. The van der Waals surface area contributed by atoms with Crippen LogP contribution < -0.4 is 4.90 Å².